The molecule has 3 aromatic carbocycles. The summed E-state index contributed by atoms with van der Waals surface area (Å²) < 4.78 is 11.5. The molecule has 1 aliphatic rings. The van der Waals surface area contributed by atoms with E-state index in [1.165, 1.54) is 5.56 Å². The lowest BCUT2D eigenvalue weighted by molar-refractivity contribution is -0.146. The Kier molecular flexibility index (Phi) is 10.8. The highest BCUT2D eigenvalue weighted by Gasteiger charge is 2.44. The zero-order valence-corrected chi connectivity index (χ0v) is 24.5. The number of amides is 1. The molecule has 2 N–H and O–H groups in total. The summed E-state index contributed by atoms with van der Waals surface area (Å²) in [6.45, 7) is 4.56. The lowest BCUT2D eigenvalue weighted by Crippen LogP contribution is -2.54. The Bertz CT molecular complexity index is 1270. The van der Waals surface area contributed by atoms with Crippen molar-refractivity contribution in [3.05, 3.63) is 94.0 Å². The fourth-order valence-corrected chi connectivity index (χ4v) is 5.79. The van der Waals surface area contributed by atoms with Crippen LogP contribution in [0.5, 0.6) is 0 Å². The first kappa shape index (κ1) is 30.2. The molecule has 2 atom stereocenters. The van der Waals surface area contributed by atoms with Crippen LogP contribution in [0.1, 0.15) is 53.2 Å². The van der Waals surface area contributed by atoms with Gasteiger partial charge in [0.25, 0.3) is 5.91 Å². The van der Waals surface area contributed by atoms with Crippen molar-refractivity contribution < 1.29 is 19.4 Å². The quantitative estimate of drug-likeness (QED) is 0.271. The van der Waals surface area contributed by atoms with Crippen LogP contribution in [-0.2, 0) is 28.0 Å². The SMILES string of the molecule is CCc1cccc(-c2c(Cl)cccc2[C@](O)(CCCCOC)[C@H]2CN(C(=O)c3ccc(CNC)cc3)CCO2)c1. The molecule has 0 aliphatic carbocycles. The van der Waals surface area contributed by atoms with Gasteiger partial charge in [0.15, 0.2) is 0 Å². The van der Waals surface area contributed by atoms with Gasteiger partial charge < -0.3 is 24.8 Å². The molecular weight excluding hydrogens is 524 g/mol. The van der Waals surface area contributed by atoms with E-state index in [4.69, 9.17) is 21.1 Å². The fourth-order valence-electron chi connectivity index (χ4n) is 5.51. The van der Waals surface area contributed by atoms with E-state index in [0.717, 1.165) is 48.1 Å². The smallest absolute Gasteiger partial charge is 0.254 e. The van der Waals surface area contributed by atoms with Crippen molar-refractivity contribution in [3.63, 3.8) is 0 Å². The van der Waals surface area contributed by atoms with E-state index in [9.17, 15) is 9.90 Å². The lowest BCUT2D eigenvalue weighted by Gasteiger charge is -2.43. The highest BCUT2D eigenvalue weighted by atomic mass is 35.5. The van der Waals surface area contributed by atoms with Crippen LogP contribution in [-0.4, -0.2) is 62.5 Å². The van der Waals surface area contributed by atoms with Gasteiger partial charge in [0.1, 0.15) is 11.7 Å². The first-order valence-electron chi connectivity index (χ1n) is 14.1. The number of aliphatic hydroxyl groups is 1. The average molecular weight is 565 g/mol. The maximum absolute atomic E-state index is 13.5. The molecular formula is C33H41ClN2O4. The van der Waals surface area contributed by atoms with Crippen LogP contribution in [0.25, 0.3) is 11.1 Å². The highest BCUT2D eigenvalue weighted by Crippen LogP contribution is 2.43. The molecule has 0 saturated carbocycles. The van der Waals surface area contributed by atoms with E-state index < -0.39 is 11.7 Å². The van der Waals surface area contributed by atoms with Gasteiger partial charge in [-0.05, 0) is 73.2 Å². The molecule has 1 amide bonds. The monoisotopic (exact) mass is 564 g/mol. The van der Waals surface area contributed by atoms with Crippen LogP contribution in [0.3, 0.4) is 0 Å². The predicted molar refractivity (Wildman–Crippen MR) is 161 cm³/mol. The average Bonchev–Trinajstić information content (AvgIpc) is 2.99. The van der Waals surface area contributed by atoms with Gasteiger partial charge in [0, 0.05) is 43.0 Å². The summed E-state index contributed by atoms with van der Waals surface area (Å²) in [5.41, 5.74) is 4.06. The summed E-state index contributed by atoms with van der Waals surface area (Å²) in [6.07, 6.45) is 2.25. The maximum atomic E-state index is 13.5. The number of aryl methyl sites for hydroxylation is 1. The molecule has 1 aliphatic heterocycles. The Balaban J connectivity index is 1.69. The minimum absolute atomic E-state index is 0.0620. The normalized spacial score (nSPS) is 17.0. The maximum Gasteiger partial charge on any atom is 0.254 e. The van der Waals surface area contributed by atoms with Crippen LogP contribution in [0.2, 0.25) is 5.02 Å². The lowest BCUT2D eigenvalue weighted by atomic mass is 9.78. The number of benzene rings is 3. The third-order valence-electron chi connectivity index (χ3n) is 7.73. The molecule has 1 heterocycles. The van der Waals surface area contributed by atoms with E-state index in [2.05, 4.69) is 24.4 Å². The number of halogens is 1. The molecule has 6 nitrogen and oxygen atoms in total. The van der Waals surface area contributed by atoms with E-state index in [0.29, 0.717) is 36.8 Å². The summed E-state index contributed by atoms with van der Waals surface area (Å²) in [7, 11) is 3.58. The number of nitrogens with one attached hydrogen (secondary N) is 1. The van der Waals surface area contributed by atoms with E-state index >= 15 is 0 Å². The van der Waals surface area contributed by atoms with E-state index in [1.54, 1.807) is 12.0 Å². The fraction of sp³-hybridized carbons (Fsp3) is 0.424. The Morgan fingerprint density at radius 1 is 1.12 bits per heavy atom. The minimum atomic E-state index is -1.37. The van der Waals surface area contributed by atoms with Crippen LogP contribution < -0.4 is 5.32 Å². The number of carbonyl (C=O) groups excluding carboxylic acids is 1. The number of morpholine rings is 1. The van der Waals surface area contributed by atoms with Gasteiger partial charge in [-0.1, -0.05) is 67.1 Å². The predicted octanol–water partition coefficient (Wildman–Crippen LogP) is 5.83. The molecule has 40 heavy (non-hydrogen) atoms. The molecule has 4 rings (SSSR count). The standard InChI is InChI=1S/C33H41ClN2O4/c1-4-24-9-7-10-27(21-24)31-28(11-8-12-29(31)34)33(38,17-5-6-19-39-3)30-23-36(18-20-40-30)32(37)26-15-13-25(14-16-26)22-35-2/h7-16,21,30,35,38H,4-6,17-20,22-23H2,1-3H3/t30-,33-/m1/s1. The van der Waals surface area contributed by atoms with Crippen molar-refractivity contribution >= 4 is 17.5 Å². The Hall–Kier alpha value is -2.74. The molecule has 0 spiro atoms. The van der Waals surface area contributed by atoms with Crippen LogP contribution in [0.4, 0.5) is 0 Å². The molecule has 214 valence electrons. The Morgan fingerprint density at radius 3 is 2.62 bits per heavy atom. The number of nitrogens with zero attached hydrogens (tertiary/aromatic N) is 1. The van der Waals surface area contributed by atoms with Gasteiger partial charge in [0.05, 0.1) is 13.2 Å². The van der Waals surface area contributed by atoms with Crippen LogP contribution in [0, 0.1) is 0 Å². The number of carbonyl (C=O) groups is 1. The van der Waals surface area contributed by atoms with Gasteiger partial charge in [-0.25, -0.2) is 0 Å². The summed E-state index contributed by atoms with van der Waals surface area (Å²) in [6, 6.07) is 21.6. The molecule has 7 heteroatoms. The van der Waals surface area contributed by atoms with Gasteiger partial charge in [-0.2, -0.15) is 0 Å². The Morgan fingerprint density at radius 2 is 1.90 bits per heavy atom. The van der Waals surface area contributed by atoms with Crippen LogP contribution >= 0.6 is 11.6 Å². The second kappa shape index (κ2) is 14.2. The minimum Gasteiger partial charge on any atom is -0.385 e. The van der Waals surface area contributed by atoms with E-state index in [1.807, 2.05) is 61.6 Å². The number of unbranched alkanes of at least 4 members (excludes halogenated alkanes) is 1. The molecule has 1 saturated heterocycles. The second-order valence-corrected chi connectivity index (χ2v) is 10.8. The number of hydrogen-bond donors (Lipinski definition) is 2. The number of rotatable bonds is 12. The van der Waals surface area contributed by atoms with Crippen molar-refractivity contribution in [1.82, 2.24) is 10.2 Å². The summed E-state index contributed by atoms with van der Waals surface area (Å²) in [5.74, 6) is -0.0620. The molecule has 0 unspecified atom stereocenters. The van der Waals surface area contributed by atoms with Crippen molar-refractivity contribution in [2.75, 3.05) is 40.5 Å². The summed E-state index contributed by atoms with van der Waals surface area (Å²) >= 11 is 6.84. The van der Waals surface area contributed by atoms with Gasteiger partial charge in [0.2, 0.25) is 0 Å². The topological polar surface area (TPSA) is 71.0 Å². The molecule has 1 fully saturated rings. The van der Waals surface area contributed by atoms with Gasteiger partial charge >= 0.3 is 0 Å². The Labute approximate surface area is 243 Å². The molecule has 3 aromatic rings. The van der Waals surface area contributed by atoms with E-state index in [-0.39, 0.29) is 12.5 Å². The summed E-state index contributed by atoms with van der Waals surface area (Å²) in [5, 5.41) is 16.3. The third-order valence-corrected chi connectivity index (χ3v) is 8.04. The molecule has 0 aromatic heterocycles. The molecule has 0 bridgehead atoms. The number of methoxy groups -OCH3 is 1. The number of ether oxygens (including phenoxy) is 2. The largest absolute Gasteiger partial charge is 0.385 e. The van der Waals surface area contributed by atoms with Crippen molar-refractivity contribution in [2.24, 2.45) is 0 Å². The second-order valence-electron chi connectivity index (χ2n) is 10.4. The third kappa shape index (κ3) is 6.93. The van der Waals surface area contributed by atoms with Crippen molar-refractivity contribution in [1.29, 1.82) is 0 Å². The zero-order valence-electron chi connectivity index (χ0n) is 23.8. The highest BCUT2D eigenvalue weighted by molar-refractivity contribution is 6.33. The first-order chi connectivity index (χ1) is 19.4. The van der Waals surface area contributed by atoms with Gasteiger partial charge in [-0.15, -0.1) is 0 Å². The first-order valence-corrected chi connectivity index (χ1v) is 14.5. The van der Waals surface area contributed by atoms with Crippen molar-refractivity contribution in [3.8, 4) is 11.1 Å². The summed E-state index contributed by atoms with van der Waals surface area (Å²) in [4.78, 5) is 15.3. The van der Waals surface area contributed by atoms with Crippen molar-refractivity contribution in [2.45, 2.75) is 50.9 Å². The number of hydrogen-bond acceptors (Lipinski definition) is 5. The van der Waals surface area contributed by atoms with Gasteiger partial charge in [-0.3, -0.25) is 4.79 Å². The van der Waals surface area contributed by atoms with Crippen LogP contribution in [0.15, 0.2) is 66.7 Å². The zero-order chi connectivity index (χ0) is 28.5. The molecule has 0 radical (unpaired) electrons.